The van der Waals surface area contributed by atoms with E-state index in [0.717, 1.165) is 25.1 Å². The van der Waals surface area contributed by atoms with Gasteiger partial charge in [-0.1, -0.05) is 6.07 Å². The zero-order chi connectivity index (χ0) is 14.2. The molecule has 1 aromatic carbocycles. The van der Waals surface area contributed by atoms with Gasteiger partial charge in [0, 0.05) is 16.7 Å². The number of fused-ring (bicyclic) bond motifs is 1. The lowest BCUT2D eigenvalue weighted by atomic mass is 10.0. The summed E-state index contributed by atoms with van der Waals surface area (Å²) in [6.45, 7) is 1.76. The number of nitrogens with one attached hydrogen (secondary N) is 2. The summed E-state index contributed by atoms with van der Waals surface area (Å²) >= 11 is 4.45. The highest BCUT2D eigenvalue weighted by atomic mass is 79.9. The molecule has 20 heavy (non-hydrogen) atoms. The summed E-state index contributed by atoms with van der Waals surface area (Å²) in [6.07, 6.45) is 0.985. The highest BCUT2D eigenvalue weighted by molar-refractivity contribution is 9.10. The maximum Gasteiger partial charge on any atom is 0.272 e. The van der Waals surface area contributed by atoms with Crippen molar-refractivity contribution in [2.45, 2.75) is 17.2 Å². The van der Waals surface area contributed by atoms with Crippen LogP contribution in [0.25, 0.3) is 0 Å². The van der Waals surface area contributed by atoms with Crippen LogP contribution in [0.5, 0.6) is 0 Å². The molecule has 2 heterocycles. The van der Waals surface area contributed by atoms with Crippen LogP contribution in [0.4, 0.5) is 5.69 Å². The molecule has 1 aliphatic rings. The third kappa shape index (κ3) is 2.76. The van der Waals surface area contributed by atoms with Crippen molar-refractivity contribution < 1.29 is 8.42 Å². The predicted molar refractivity (Wildman–Crippen MR) is 84.7 cm³/mol. The average Bonchev–Trinajstić information content (AvgIpc) is 2.85. The maximum atomic E-state index is 12.3. The standard InChI is InChI=1S/C13H13BrN2O2S2/c14-12-4-6-19-13(12)20(17,18)16-11-2-1-9-3-5-15-8-10(9)7-11/h1-2,4,6-7,15-16H,3,5,8H2. The lowest BCUT2D eigenvalue weighted by molar-refractivity contribution is 0.602. The van der Waals surface area contributed by atoms with Gasteiger partial charge < -0.3 is 5.32 Å². The Labute approximate surface area is 130 Å². The zero-order valence-corrected chi connectivity index (χ0v) is 13.7. The molecule has 0 fully saturated rings. The molecule has 7 heteroatoms. The van der Waals surface area contributed by atoms with E-state index in [4.69, 9.17) is 0 Å². The van der Waals surface area contributed by atoms with Gasteiger partial charge in [0.25, 0.3) is 10.0 Å². The fourth-order valence-electron chi connectivity index (χ4n) is 2.22. The lowest BCUT2D eigenvalue weighted by Gasteiger charge is -2.18. The summed E-state index contributed by atoms with van der Waals surface area (Å²) in [4.78, 5) is 0. The monoisotopic (exact) mass is 372 g/mol. The Morgan fingerprint density at radius 3 is 2.85 bits per heavy atom. The quantitative estimate of drug-likeness (QED) is 0.870. The first kappa shape index (κ1) is 14.1. The Morgan fingerprint density at radius 1 is 1.25 bits per heavy atom. The Bertz CT molecular complexity index is 741. The minimum atomic E-state index is -3.53. The van der Waals surface area contributed by atoms with Crippen molar-refractivity contribution in [3.05, 3.63) is 45.2 Å². The number of halogens is 1. The van der Waals surface area contributed by atoms with Gasteiger partial charge in [0.1, 0.15) is 0 Å². The Balaban J connectivity index is 1.90. The van der Waals surface area contributed by atoms with Gasteiger partial charge in [-0.25, -0.2) is 8.42 Å². The highest BCUT2D eigenvalue weighted by Crippen LogP contribution is 2.29. The molecule has 0 saturated heterocycles. The summed E-state index contributed by atoms with van der Waals surface area (Å²) in [7, 11) is -3.53. The van der Waals surface area contributed by atoms with E-state index >= 15 is 0 Å². The highest BCUT2D eigenvalue weighted by Gasteiger charge is 2.20. The molecule has 3 rings (SSSR count). The van der Waals surface area contributed by atoms with Gasteiger partial charge >= 0.3 is 0 Å². The second-order valence-electron chi connectivity index (χ2n) is 4.57. The number of hydrogen-bond donors (Lipinski definition) is 2. The minimum absolute atomic E-state index is 0.299. The first-order chi connectivity index (χ1) is 9.56. The summed E-state index contributed by atoms with van der Waals surface area (Å²) < 4.78 is 28.1. The predicted octanol–water partition coefficient (Wildman–Crippen LogP) is 2.96. The van der Waals surface area contributed by atoms with Crippen molar-refractivity contribution in [1.29, 1.82) is 0 Å². The number of benzene rings is 1. The van der Waals surface area contributed by atoms with Crippen molar-refractivity contribution in [2.24, 2.45) is 0 Å². The van der Waals surface area contributed by atoms with Crippen molar-refractivity contribution in [3.63, 3.8) is 0 Å². The first-order valence-electron chi connectivity index (χ1n) is 6.14. The molecular weight excluding hydrogens is 360 g/mol. The summed E-state index contributed by atoms with van der Waals surface area (Å²) in [5.41, 5.74) is 3.04. The SMILES string of the molecule is O=S(=O)(Nc1ccc2c(c1)CNCC2)c1sccc1Br. The van der Waals surface area contributed by atoms with Gasteiger partial charge in [-0.3, -0.25) is 4.72 Å². The lowest BCUT2D eigenvalue weighted by Crippen LogP contribution is -2.23. The molecule has 0 bridgehead atoms. The average molecular weight is 373 g/mol. The summed E-state index contributed by atoms with van der Waals surface area (Å²) in [6, 6.07) is 7.46. The Morgan fingerprint density at radius 2 is 2.10 bits per heavy atom. The molecule has 0 amide bonds. The van der Waals surface area contributed by atoms with Crippen LogP contribution in [0.1, 0.15) is 11.1 Å². The third-order valence-corrected chi connectivity index (χ3v) is 7.22. The molecule has 1 aliphatic heterocycles. The van der Waals surface area contributed by atoms with Crippen LogP contribution < -0.4 is 10.0 Å². The second-order valence-corrected chi connectivity index (χ2v) is 8.22. The Hall–Kier alpha value is -0.890. The molecule has 0 saturated carbocycles. The van der Waals surface area contributed by atoms with E-state index in [0.29, 0.717) is 14.4 Å². The van der Waals surface area contributed by atoms with Crippen molar-refractivity contribution in [2.75, 3.05) is 11.3 Å². The number of sulfonamides is 1. The first-order valence-corrected chi connectivity index (χ1v) is 9.30. The zero-order valence-electron chi connectivity index (χ0n) is 10.5. The minimum Gasteiger partial charge on any atom is -0.312 e. The van der Waals surface area contributed by atoms with Crippen LogP contribution in [0.15, 0.2) is 38.3 Å². The van der Waals surface area contributed by atoms with E-state index in [-0.39, 0.29) is 0 Å². The van der Waals surface area contributed by atoms with Gasteiger partial charge in [-0.2, -0.15) is 0 Å². The van der Waals surface area contributed by atoms with E-state index in [1.807, 2.05) is 18.2 Å². The normalized spacial score (nSPS) is 14.8. The van der Waals surface area contributed by atoms with E-state index in [9.17, 15) is 8.42 Å². The fraction of sp³-hybridized carbons (Fsp3) is 0.231. The van der Waals surface area contributed by atoms with Crippen molar-refractivity contribution in [3.8, 4) is 0 Å². The van der Waals surface area contributed by atoms with Crippen LogP contribution in [0.3, 0.4) is 0 Å². The number of hydrogen-bond acceptors (Lipinski definition) is 4. The molecule has 0 radical (unpaired) electrons. The molecule has 2 N–H and O–H groups in total. The molecule has 0 atom stereocenters. The van der Waals surface area contributed by atoms with E-state index in [2.05, 4.69) is 26.0 Å². The van der Waals surface area contributed by atoms with Crippen LogP contribution in [0, 0.1) is 0 Å². The van der Waals surface area contributed by atoms with Crippen LogP contribution in [-0.2, 0) is 23.0 Å². The molecule has 2 aromatic rings. The smallest absolute Gasteiger partial charge is 0.272 e. The van der Waals surface area contributed by atoms with Crippen LogP contribution >= 0.6 is 27.3 Å². The molecule has 0 spiro atoms. The van der Waals surface area contributed by atoms with E-state index in [1.54, 1.807) is 11.4 Å². The number of anilines is 1. The number of rotatable bonds is 3. The number of thiophene rings is 1. The largest absolute Gasteiger partial charge is 0.312 e. The van der Waals surface area contributed by atoms with E-state index < -0.39 is 10.0 Å². The topological polar surface area (TPSA) is 58.2 Å². The van der Waals surface area contributed by atoms with Gasteiger partial charge in [0.05, 0.1) is 0 Å². The van der Waals surface area contributed by atoms with Gasteiger partial charge in [-0.05, 0) is 63.6 Å². The van der Waals surface area contributed by atoms with Gasteiger partial charge in [0.2, 0.25) is 0 Å². The molecular formula is C13H13BrN2O2S2. The molecule has 106 valence electrons. The molecule has 0 unspecified atom stereocenters. The maximum absolute atomic E-state index is 12.3. The summed E-state index contributed by atoms with van der Waals surface area (Å²) in [5.74, 6) is 0. The molecule has 4 nitrogen and oxygen atoms in total. The molecule has 1 aromatic heterocycles. The fourth-order valence-corrected chi connectivity index (χ4v) is 5.61. The van der Waals surface area contributed by atoms with Gasteiger partial charge in [-0.15, -0.1) is 11.3 Å². The van der Waals surface area contributed by atoms with Crippen LogP contribution in [0.2, 0.25) is 0 Å². The Kier molecular flexibility index (Phi) is 3.85. The van der Waals surface area contributed by atoms with E-state index in [1.165, 1.54) is 16.9 Å². The second kappa shape index (κ2) is 5.48. The van der Waals surface area contributed by atoms with Crippen LogP contribution in [-0.4, -0.2) is 15.0 Å². The van der Waals surface area contributed by atoms with Crippen molar-refractivity contribution in [1.82, 2.24) is 5.32 Å². The third-order valence-electron chi connectivity index (χ3n) is 3.17. The van der Waals surface area contributed by atoms with Crippen molar-refractivity contribution >= 4 is 43.0 Å². The van der Waals surface area contributed by atoms with Gasteiger partial charge in [0.15, 0.2) is 4.21 Å². The summed E-state index contributed by atoms with van der Waals surface area (Å²) in [5, 5.41) is 5.03. The molecule has 0 aliphatic carbocycles.